The summed E-state index contributed by atoms with van der Waals surface area (Å²) in [7, 11) is 3.02. The number of hydrogen-bond acceptors (Lipinski definition) is 6. The Hall–Kier alpha value is -4.46. The van der Waals surface area contributed by atoms with Crippen LogP contribution in [0.15, 0.2) is 59.5 Å². The van der Waals surface area contributed by atoms with Gasteiger partial charge < -0.3 is 25.7 Å². The number of fused-ring (bicyclic) bond motifs is 1. The number of nitrogens with zero attached hydrogens (tertiary/aromatic N) is 3. The molecule has 4 rings (SSSR count). The van der Waals surface area contributed by atoms with Crippen molar-refractivity contribution in [2.24, 2.45) is 7.05 Å². The van der Waals surface area contributed by atoms with E-state index in [-0.39, 0.29) is 17.3 Å². The maximum Gasteiger partial charge on any atom is 0.405 e. The molecule has 0 aliphatic heterocycles. The summed E-state index contributed by atoms with van der Waals surface area (Å²) in [6.45, 7) is 1.45. The van der Waals surface area contributed by atoms with Crippen LogP contribution in [0.3, 0.4) is 0 Å². The van der Waals surface area contributed by atoms with Crippen molar-refractivity contribution in [2.75, 3.05) is 24.7 Å². The number of carbonyl (C=O) groups is 2. The van der Waals surface area contributed by atoms with E-state index in [4.69, 9.17) is 10.5 Å². The number of rotatable bonds is 7. The van der Waals surface area contributed by atoms with Gasteiger partial charge in [0.1, 0.15) is 17.9 Å². The Morgan fingerprint density at radius 2 is 1.85 bits per heavy atom. The molecule has 3 heterocycles. The average molecular weight is 621 g/mol. The van der Waals surface area contributed by atoms with Crippen LogP contribution in [0.25, 0.3) is 33.4 Å². The van der Waals surface area contributed by atoms with Crippen molar-refractivity contribution >= 4 is 50.2 Å². The minimum Gasteiger partial charge on any atom is -0.480 e. The van der Waals surface area contributed by atoms with Crippen molar-refractivity contribution in [1.82, 2.24) is 19.9 Å². The fourth-order valence-electron chi connectivity index (χ4n) is 4.15. The molecule has 0 spiro atoms. The predicted octanol–water partition coefficient (Wildman–Crippen LogP) is 5.37. The Kier molecular flexibility index (Phi) is 7.82. The van der Waals surface area contributed by atoms with E-state index in [1.807, 2.05) is 4.57 Å². The van der Waals surface area contributed by atoms with E-state index in [9.17, 15) is 27.2 Å². The number of benzene rings is 1. The third-order valence-electron chi connectivity index (χ3n) is 5.86. The molecule has 0 atom stereocenters. The maximum atomic E-state index is 13.1. The fraction of sp³-hybridized carbons (Fsp3) is 0.154. The fourth-order valence-corrected chi connectivity index (χ4v) is 4.71. The van der Waals surface area contributed by atoms with E-state index in [1.54, 1.807) is 36.6 Å². The SMILES string of the molecule is C=C(F)C(=O)Nc1ccc(-c2c(-c3ccc(C(=O)NCC(F)(F)F)c(OC)n3)c3c(N)ncc(Br)c3n2C)cc1. The Labute approximate surface area is 233 Å². The Bertz CT molecular complexity index is 1650. The summed E-state index contributed by atoms with van der Waals surface area (Å²) in [6, 6.07) is 9.27. The van der Waals surface area contributed by atoms with Gasteiger partial charge in [0.2, 0.25) is 5.88 Å². The smallest absolute Gasteiger partial charge is 0.405 e. The van der Waals surface area contributed by atoms with Gasteiger partial charge >= 0.3 is 6.18 Å². The molecule has 4 aromatic rings. The van der Waals surface area contributed by atoms with Crippen LogP contribution in [-0.2, 0) is 11.8 Å². The topological polar surface area (TPSA) is 124 Å². The van der Waals surface area contributed by atoms with Gasteiger partial charge in [-0.05, 0) is 45.8 Å². The molecule has 2 amide bonds. The molecule has 9 nitrogen and oxygen atoms in total. The Morgan fingerprint density at radius 3 is 2.45 bits per heavy atom. The second kappa shape index (κ2) is 11.0. The van der Waals surface area contributed by atoms with E-state index >= 15 is 0 Å². The van der Waals surface area contributed by atoms with Crippen LogP contribution in [0.5, 0.6) is 5.88 Å². The third kappa shape index (κ3) is 5.61. The van der Waals surface area contributed by atoms with E-state index < -0.39 is 30.4 Å². The van der Waals surface area contributed by atoms with Gasteiger partial charge in [-0.3, -0.25) is 9.59 Å². The number of nitrogens with one attached hydrogen (secondary N) is 2. The molecule has 208 valence electrons. The number of nitrogens with two attached hydrogens (primary N) is 1. The zero-order chi connectivity index (χ0) is 29.4. The first-order chi connectivity index (χ1) is 18.8. The number of ether oxygens (including phenoxy) is 1. The van der Waals surface area contributed by atoms with E-state index in [0.29, 0.717) is 43.6 Å². The van der Waals surface area contributed by atoms with Gasteiger partial charge in [0.25, 0.3) is 11.8 Å². The Morgan fingerprint density at radius 1 is 1.18 bits per heavy atom. The number of alkyl halides is 3. The van der Waals surface area contributed by atoms with E-state index in [2.05, 4.69) is 37.8 Å². The molecule has 1 aromatic carbocycles. The molecule has 0 saturated heterocycles. The molecule has 14 heteroatoms. The first-order valence-corrected chi connectivity index (χ1v) is 12.2. The quantitative estimate of drug-likeness (QED) is 0.188. The van der Waals surface area contributed by atoms with E-state index in [0.717, 1.165) is 0 Å². The lowest BCUT2D eigenvalue weighted by molar-refractivity contribution is -0.123. The molecule has 0 radical (unpaired) electrons. The minimum atomic E-state index is -4.59. The summed E-state index contributed by atoms with van der Waals surface area (Å²) in [5, 5.41) is 4.70. The highest BCUT2D eigenvalue weighted by Crippen LogP contribution is 2.44. The van der Waals surface area contributed by atoms with Crippen molar-refractivity contribution in [3.63, 3.8) is 0 Å². The molecule has 0 saturated carbocycles. The summed E-state index contributed by atoms with van der Waals surface area (Å²) < 4.78 is 58.7. The molecular weight excluding hydrogens is 600 g/mol. The van der Waals surface area contributed by atoms with Gasteiger partial charge in [-0.1, -0.05) is 18.7 Å². The molecular formula is C26H21BrF4N6O3. The monoisotopic (exact) mass is 620 g/mol. The third-order valence-corrected chi connectivity index (χ3v) is 6.44. The predicted molar refractivity (Wildman–Crippen MR) is 145 cm³/mol. The number of anilines is 2. The van der Waals surface area contributed by atoms with Crippen molar-refractivity contribution < 1.29 is 31.9 Å². The number of amides is 2. The zero-order valence-electron chi connectivity index (χ0n) is 21.0. The van der Waals surface area contributed by atoms with Crippen LogP contribution in [0.4, 0.5) is 29.1 Å². The number of hydrogen-bond donors (Lipinski definition) is 3. The molecule has 0 aliphatic rings. The number of nitrogen functional groups attached to an aromatic ring is 1. The highest BCUT2D eigenvalue weighted by molar-refractivity contribution is 9.10. The highest BCUT2D eigenvalue weighted by Gasteiger charge is 2.29. The molecule has 0 fully saturated rings. The van der Waals surface area contributed by atoms with Crippen LogP contribution in [0, 0.1) is 0 Å². The second-order valence-electron chi connectivity index (χ2n) is 8.49. The highest BCUT2D eigenvalue weighted by atomic mass is 79.9. The van der Waals surface area contributed by atoms with Crippen molar-refractivity contribution in [3.8, 4) is 28.4 Å². The number of aryl methyl sites for hydroxylation is 1. The normalized spacial score (nSPS) is 11.4. The lowest BCUT2D eigenvalue weighted by Crippen LogP contribution is -2.34. The summed E-state index contributed by atoms with van der Waals surface area (Å²) in [6.07, 6.45) is -3.06. The van der Waals surface area contributed by atoms with Crippen LogP contribution >= 0.6 is 15.9 Å². The summed E-state index contributed by atoms with van der Waals surface area (Å²) in [4.78, 5) is 32.8. The Balaban J connectivity index is 1.88. The van der Waals surface area contributed by atoms with Gasteiger partial charge in [-0.2, -0.15) is 13.2 Å². The minimum absolute atomic E-state index is 0.174. The molecule has 0 aliphatic carbocycles. The van der Waals surface area contributed by atoms with Gasteiger partial charge in [0, 0.05) is 24.5 Å². The van der Waals surface area contributed by atoms with Crippen LogP contribution in [0.2, 0.25) is 0 Å². The number of aromatic nitrogens is 3. The van der Waals surface area contributed by atoms with Gasteiger partial charge in [-0.25, -0.2) is 14.4 Å². The number of pyridine rings is 2. The maximum absolute atomic E-state index is 13.1. The lowest BCUT2D eigenvalue weighted by atomic mass is 10.0. The second-order valence-corrected chi connectivity index (χ2v) is 9.34. The number of methoxy groups -OCH3 is 1. The van der Waals surface area contributed by atoms with Crippen LogP contribution in [-0.4, -0.2) is 46.2 Å². The molecule has 0 bridgehead atoms. The first-order valence-electron chi connectivity index (χ1n) is 11.4. The van der Waals surface area contributed by atoms with Gasteiger partial charge in [0.05, 0.1) is 33.9 Å². The molecule has 0 unspecified atom stereocenters. The van der Waals surface area contributed by atoms with Crippen LogP contribution in [0.1, 0.15) is 10.4 Å². The standard InChI is InChI=1S/C26H21BrF4N6O3/c1-12(28)23(38)35-14-6-4-13(5-7-14)20-18(19-21(37(20)2)16(27)10-33-22(19)32)17-9-8-15(25(36-17)40-3)24(39)34-11-26(29,30)31/h4-10H,1,11H2,2-3H3,(H2,32,33)(H,34,39)(H,35,38). The largest absolute Gasteiger partial charge is 0.480 e. The number of halogens is 5. The first kappa shape index (κ1) is 28.5. The lowest BCUT2D eigenvalue weighted by Gasteiger charge is -2.13. The molecule has 3 aromatic heterocycles. The zero-order valence-corrected chi connectivity index (χ0v) is 22.6. The van der Waals surface area contributed by atoms with Crippen molar-refractivity contribution in [3.05, 3.63) is 65.0 Å². The summed E-state index contributed by atoms with van der Waals surface area (Å²) in [5.74, 6) is -3.15. The molecule has 4 N–H and O–H groups in total. The summed E-state index contributed by atoms with van der Waals surface area (Å²) in [5.41, 5.74) is 9.12. The van der Waals surface area contributed by atoms with Gasteiger partial charge in [-0.15, -0.1) is 0 Å². The van der Waals surface area contributed by atoms with Gasteiger partial charge in [0.15, 0.2) is 5.83 Å². The average Bonchev–Trinajstić information content (AvgIpc) is 3.23. The van der Waals surface area contributed by atoms with Crippen molar-refractivity contribution in [2.45, 2.75) is 6.18 Å². The summed E-state index contributed by atoms with van der Waals surface area (Å²) >= 11 is 3.50. The van der Waals surface area contributed by atoms with Crippen LogP contribution < -0.4 is 21.1 Å². The number of carbonyl (C=O) groups excluding carboxylic acids is 2. The van der Waals surface area contributed by atoms with E-state index in [1.165, 1.54) is 25.4 Å². The van der Waals surface area contributed by atoms with Crippen molar-refractivity contribution in [1.29, 1.82) is 0 Å². The molecule has 40 heavy (non-hydrogen) atoms.